The highest BCUT2D eigenvalue weighted by molar-refractivity contribution is 7.90. The molecule has 0 bridgehead atoms. The molecule has 0 unspecified atom stereocenters. The summed E-state index contributed by atoms with van der Waals surface area (Å²) in [6, 6.07) is 8.10. The molecule has 0 aliphatic heterocycles. The number of nitrogens with one attached hydrogen (secondary N) is 3. The number of para-hydroxylation sites is 1. The third-order valence-electron chi connectivity index (χ3n) is 5.42. The van der Waals surface area contributed by atoms with Gasteiger partial charge < -0.3 is 10.3 Å². The number of benzene rings is 1. The molecule has 6 nitrogen and oxygen atoms in total. The van der Waals surface area contributed by atoms with E-state index in [0.717, 1.165) is 24.8 Å². The summed E-state index contributed by atoms with van der Waals surface area (Å²) < 4.78 is 26.7. The first-order valence-corrected chi connectivity index (χ1v) is 11.3. The third-order valence-corrected chi connectivity index (χ3v) is 7.32. The lowest BCUT2D eigenvalue weighted by Gasteiger charge is -2.28. The van der Waals surface area contributed by atoms with Gasteiger partial charge in [0.2, 0.25) is 15.9 Å². The van der Waals surface area contributed by atoms with Crippen LogP contribution in [-0.4, -0.2) is 37.1 Å². The predicted molar refractivity (Wildman–Crippen MR) is 108 cm³/mol. The largest absolute Gasteiger partial charge is 0.361 e. The summed E-state index contributed by atoms with van der Waals surface area (Å²) in [5.41, 5.74) is 2.32. The van der Waals surface area contributed by atoms with E-state index in [1.165, 1.54) is 10.9 Å². The molecule has 1 saturated carbocycles. The van der Waals surface area contributed by atoms with E-state index >= 15 is 0 Å². The average Bonchev–Trinajstić information content (AvgIpc) is 3.05. The number of rotatable bonds is 7. The molecule has 1 aliphatic rings. The first-order chi connectivity index (χ1) is 12.9. The van der Waals surface area contributed by atoms with Crippen LogP contribution in [0.2, 0.25) is 0 Å². The van der Waals surface area contributed by atoms with Crippen molar-refractivity contribution in [3.8, 4) is 0 Å². The van der Waals surface area contributed by atoms with E-state index in [1.807, 2.05) is 24.4 Å². The minimum absolute atomic E-state index is 0.0206. The zero-order chi connectivity index (χ0) is 19.4. The standard InChI is InChI=1S/C20H29N3O3S/c1-14(2)27(25,26)23-17-9-7-15(8-10-17)20(24)21-12-11-16-13-22-19-6-4-3-5-18(16)19/h3-6,13-15,17,22-23H,7-12H2,1-2H3,(H,21,24). The average molecular weight is 392 g/mol. The molecule has 1 heterocycles. The Morgan fingerprint density at radius 2 is 1.89 bits per heavy atom. The highest BCUT2D eigenvalue weighted by atomic mass is 32.2. The van der Waals surface area contributed by atoms with E-state index < -0.39 is 15.3 Å². The maximum absolute atomic E-state index is 12.4. The van der Waals surface area contributed by atoms with Gasteiger partial charge >= 0.3 is 0 Å². The van der Waals surface area contributed by atoms with Gasteiger partial charge in [-0.15, -0.1) is 0 Å². The summed E-state index contributed by atoms with van der Waals surface area (Å²) in [5, 5.41) is 3.82. The molecule has 27 heavy (non-hydrogen) atoms. The molecule has 3 N–H and O–H groups in total. The molecule has 0 spiro atoms. The van der Waals surface area contributed by atoms with Crippen LogP contribution in [0.4, 0.5) is 0 Å². The molecule has 1 aliphatic carbocycles. The fourth-order valence-electron chi connectivity index (χ4n) is 3.65. The van der Waals surface area contributed by atoms with Crippen molar-refractivity contribution in [2.75, 3.05) is 6.54 Å². The van der Waals surface area contributed by atoms with Gasteiger partial charge in [0, 0.05) is 35.6 Å². The lowest BCUT2D eigenvalue weighted by atomic mass is 9.86. The number of H-pyrrole nitrogens is 1. The number of carbonyl (C=O) groups is 1. The Morgan fingerprint density at radius 1 is 1.19 bits per heavy atom. The van der Waals surface area contributed by atoms with Crippen molar-refractivity contribution in [3.63, 3.8) is 0 Å². The first-order valence-electron chi connectivity index (χ1n) is 9.70. The second-order valence-electron chi connectivity index (χ2n) is 7.66. The van der Waals surface area contributed by atoms with Crippen LogP contribution in [-0.2, 0) is 21.2 Å². The zero-order valence-corrected chi connectivity index (χ0v) is 16.8. The van der Waals surface area contributed by atoms with Crippen LogP contribution in [0.5, 0.6) is 0 Å². The van der Waals surface area contributed by atoms with Crippen molar-refractivity contribution in [2.24, 2.45) is 5.92 Å². The Kier molecular flexibility index (Phi) is 6.22. The van der Waals surface area contributed by atoms with Gasteiger partial charge in [-0.2, -0.15) is 0 Å². The molecular formula is C20H29N3O3S. The minimum Gasteiger partial charge on any atom is -0.361 e. The highest BCUT2D eigenvalue weighted by Gasteiger charge is 2.29. The van der Waals surface area contributed by atoms with Crippen molar-refractivity contribution in [2.45, 2.75) is 57.2 Å². The maximum Gasteiger partial charge on any atom is 0.223 e. The molecule has 1 aromatic carbocycles. The van der Waals surface area contributed by atoms with Gasteiger partial charge in [0.15, 0.2) is 0 Å². The van der Waals surface area contributed by atoms with Crippen LogP contribution in [0.3, 0.4) is 0 Å². The summed E-state index contributed by atoms with van der Waals surface area (Å²) >= 11 is 0. The molecule has 1 aromatic heterocycles. The topological polar surface area (TPSA) is 91.1 Å². The summed E-state index contributed by atoms with van der Waals surface area (Å²) in [6.07, 6.45) is 5.68. The molecule has 0 atom stereocenters. The molecule has 3 rings (SSSR count). The van der Waals surface area contributed by atoms with Gasteiger partial charge in [-0.3, -0.25) is 4.79 Å². The van der Waals surface area contributed by atoms with Gasteiger partial charge in [0.1, 0.15) is 0 Å². The monoisotopic (exact) mass is 391 g/mol. The van der Waals surface area contributed by atoms with Crippen LogP contribution in [0, 0.1) is 5.92 Å². The van der Waals surface area contributed by atoms with Crippen LogP contribution in [0.15, 0.2) is 30.5 Å². The number of aromatic amines is 1. The molecule has 7 heteroatoms. The van der Waals surface area contributed by atoms with Gasteiger partial charge in [-0.1, -0.05) is 18.2 Å². The van der Waals surface area contributed by atoms with E-state index in [1.54, 1.807) is 13.8 Å². The Bertz CT molecular complexity index is 881. The molecule has 1 fully saturated rings. The van der Waals surface area contributed by atoms with Crippen molar-refractivity contribution in [1.82, 2.24) is 15.0 Å². The van der Waals surface area contributed by atoms with Crippen molar-refractivity contribution < 1.29 is 13.2 Å². The number of hydrogen-bond acceptors (Lipinski definition) is 3. The van der Waals surface area contributed by atoms with E-state index in [-0.39, 0.29) is 17.9 Å². The van der Waals surface area contributed by atoms with Gasteiger partial charge in [-0.25, -0.2) is 13.1 Å². The van der Waals surface area contributed by atoms with E-state index in [4.69, 9.17) is 0 Å². The Morgan fingerprint density at radius 3 is 2.59 bits per heavy atom. The normalized spacial score (nSPS) is 20.9. The zero-order valence-electron chi connectivity index (χ0n) is 16.0. The highest BCUT2D eigenvalue weighted by Crippen LogP contribution is 2.25. The predicted octanol–water partition coefficient (Wildman–Crippen LogP) is 2.71. The minimum atomic E-state index is -3.25. The summed E-state index contributed by atoms with van der Waals surface area (Å²) in [7, 11) is -3.25. The van der Waals surface area contributed by atoms with Crippen molar-refractivity contribution in [3.05, 3.63) is 36.0 Å². The fourth-order valence-corrected chi connectivity index (χ4v) is 4.62. The second kappa shape index (κ2) is 8.44. The number of amides is 1. The van der Waals surface area contributed by atoms with Crippen LogP contribution in [0.25, 0.3) is 10.9 Å². The molecule has 0 saturated heterocycles. The Hall–Kier alpha value is -1.86. The van der Waals surface area contributed by atoms with E-state index in [9.17, 15) is 13.2 Å². The third kappa shape index (κ3) is 4.90. The number of aromatic nitrogens is 1. The van der Waals surface area contributed by atoms with Crippen molar-refractivity contribution in [1.29, 1.82) is 0 Å². The Labute approximate surface area is 161 Å². The first kappa shape index (κ1) is 19.9. The lowest BCUT2D eigenvalue weighted by molar-refractivity contribution is -0.125. The quantitative estimate of drug-likeness (QED) is 0.678. The van der Waals surface area contributed by atoms with Crippen molar-refractivity contribution >= 4 is 26.8 Å². The fraction of sp³-hybridized carbons (Fsp3) is 0.550. The molecular weight excluding hydrogens is 362 g/mol. The van der Waals surface area contributed by atoms with Gasteiger partial charge in [-0.05, 0) is 57.6 Å². The second-order valence-corrected chi connectivity index (χ2v) is 9.93. The van der Waals surface area contributed by atoms with Crippen LogP contribution in [0.1, 0.15) is 45.1 Å². The maximum atomic E-state index is 12.4. The van der Waals surface area contributed by atoms with E-state index in [2.05, 4.69) is 21.1 Å². The Balaban J connectivity index is 1.43. The molecule has 148 valence electrons. The summed E-state index contributed by atoms with van der Waals surface area (Å²) in [5.74, 6) is 0.0628. The summed E-state index contributed by atoms with van der Waals surface area (Å²) in [4.78, 5) is 15.7. The van der Waals surface area contributed by atoms with Crippen LogP contribution < -0.4 is 10.0 Å². The summed E-state index contributed by atoms with van der Waals surface area (Å²) in [6.45, 7) is 3.96. The molecule has 0 radical (unpaired) electrons. The van der Waals surface area contributed by atoms with Crippen LogP contribution >= 0.6 is 0 Å². The van der Waals surface area contributed by atoms with Gasteiger partial charge in [0.05, 0.1) is 5.25 Å². The number of sulfonamides is 1. The molecule has 1 amide bonds. The number of carbonyl (C=O) groups excluding carboxylic acids is 1. The number of fused-ring (bicyclic) bond motifs is 1. The lowest BCUT2D eigenvalue weighted by Crippen LogP contribution is -2.43. The van der Waals surface area contributed by atoms with E-state index in [0.29, 0.717) is 19.4 Å². The van der Waals surface area contributed by atoms with Gasteiger partial charge in [0.25, 0.3) is 0 Å². The molecule has 2 aromatic rings. The SMILES string of the molecule is CC(C)S(=O)(=O)NC1CCC(C(=O)NCCc2c[nH]c3ccccc23)CC1. The number of hydrogen-bond donors (Lipinski definition) is 3. The smallest absolute Gasteiger partial charge is 0.223 e.